The Morgan fingerprint density at radius 1 is 1.05 bits per heavy atom. The van der Waals surface area contributed by atoms with Crippen molar-refractivity contribution in [2.45, 2.75) is 13.0 Å². The molecule has 2 aromatic rings. The highest BCUT2D eigenvalue weighted by Crippen LogP contribution is 2.18. The van der Waals surface area contributed by atoms with Gasteiger partial charge in [-0.1, -0.05) is 30.3 Å². The van der Waals surface area contributed by atoms with E-state index in [1.807, 2.05) is 19.2 Å². The van der Waals surface area contributed by atoms with Gasteiger partial charge >= 0.3 is 0 Å². The molecule has 0 aliphatic carbocycles. The van der Waals surface area contributed by atoms with Crippen LogP contribution in [0, 0.1) is 3.57 Å². The topological polar surface area (TPSA) is 21.3 Å². The smallest absolute Gasteiger partial charge is 0.120 e. The van der Waals surface area contributed by atoms with E-state index in [-0.39, 0.29) is 0 Å². The molecule has 0 aromatic heterocycles. The van der Waals surface area contributed by atoms with Gasteiger partial charge in [-0.15, -0.1) is 0 Å². The quantitative estimate of drug-likeness (QED) is 0.788. The molecule has 0 aliphatic heterocycles. The van der Waals surface area contributed by atoms with Crippen LogP contribution < -0.4 is 10.1 Å². The van der Waals surface area contributed by atoms with Gasteiger partial charge < -0.3 is 10.1 Å². The van der Waals surface area contributed by atoms with Gasteiger partial charge in [-0.05, 0) is 71.9 Å². The number of likely N-dealkylation sites (N-methyl/N-ethyl adjacent to an activating group) is 1. The van der Waals surface area contributed by atoms with Crippen LogP contribution in [0.3, 0.4) is 0 Å². The van der Waals surface area contributed by atoms with E-state index in [0.29, 0.717) is 6.61 Å². The summed E-state index contributed by atoms with van der Waals surface area (Å²) >= 11 is 2.30. The van der Waals surface area contributed by atoms with Gasteiger partial charge in [-0.25, -0.2) is 0 Å². The van der Waals surface area contributed by atoms with Gasteiger partial charge in [0, 0.05) is 3.57 Å². The van der Waals surface area contributed by atoms with E-state index in [1.54, 1.807) is 0 Å². The van der Waals surface area contributed by atoms with Gasteiger partial charge in [0.2, 0.25) is 0 Å². The summed E-state index contributed by atoms with van der Waals surface area (Å²) in [6.07, 6.45) is 1.03. The maximum atomic E-state index is 5.87. The van der Waals surface area contributed by atoms with Crippen LogP contribution in [-0.4, -0.2) is 13.6 Å². The summed E-state index contributed by atoms with van der Waals surface area (Å²) in [4.78, 5) is 0. The average Bonchev–Trinajstić information content (AvgIpc) is 2.44. The van der Waals surface area contributed by atoms with Crippen LogP contribution in [0.4, 0.5) is 0 Å². The zero-order valence-corrected chi connectivity index (χ0v) is 13.2. The highest BCUT2D eigenvalue weighted by atomic mass is 127. The molecule has 100 valence electrons. The molecule has 19 heavy (non-hydrogen) atoms. The Hall–Kier alpha value is -1.07. The van der Waals surface area contributed by atoms with E-state index in [0.717, 1.165) is 18.7 Å². The van der Waals surface area contributed by atoms with Crippen molar-refractivity contribution < 1.29 is 4.74 Å². The van der Waals surface area contributed by atoms with Crippen LogP contribution in [0.1, 0.15) is 11.1 Å². The van der Waals surface area contributed by atoms with E-state index in [4.69, 9.17) is 4.74 Å². The third kappa shape index (κ3) is 4.51. The Bertz CT molecular complexity index is 528. The van der Waals surface area contributed by atoms with Crippen molar-refractivity contribution >= 4 is 22.6 Å². The third-order valence-electron chi connectivity index (χ3n) is 2.95. The zero-order valence-electron chi connectivity index (χ0n) is 11.0. The van der Waals surface area contributed by atoms with Gasteiger partial charge in [0.1, 0.15) is 12.4 Å². The lowest BCUT2D eigenvalue weighted by Crippen LogP contribution is -2.12. The SMILES string of the molecule is CNCCc1ccccc1COc1cccc(I)c1. The van der Waals surface area contributed by atoms with Crippen LogP contribution >= 0.6 is 22.6 Å². The summed E-state index contributed by atoms with van der Waals surface area (Å²) < 4.78 is 7.06. The molecule has 0 heterocycles. The molecule has 0 fully saturated rings. The number of hydrogen-bond acceptors (Lipinski definition) is 2. The zero-order chi connectivity index (χ0) is 13.5. The summed E-state index contributed by atoms with van der Waals surface area (Å²) in [6.45, 7) is 1.61. The monoisotopic (exact) mass is 367 g/mol. The molecule has 2 nitrogen and oxygen atoms in total. The standard InChI is InChI=1S/C16H18INO/c1-18-10-9-13-5-2-3-6-14(13)12-19-16-8-4-7-15(17)11-16/h2-8,11,18H,9-10,12H2,1H3. The number of halogens is 1. The Morgan fingerprint density at radius 2 is 1.84 bits per heavy atom. The highest BCUT2D eigenvalue weighted by Gasteiger charge is 2.02. The minimum atomic E-state index is 0.625. The second kappa shape index (κ2) is 7.50. The number of nitrogens with one attached hydrogen (secondary N) is 1. The van der Waals surface area contributed by atoms with Crippen LogP contribution in [0.15, 0.2) is 48.5 Å². The maximum absolute atomic E-state index is 5.87. The Balaban J connectivity index is 2.02. The fourth-order valence-electron chi connectivity index (χ4n) is 1.92. The van der Waals surface area contributed by atoms with Crippen LogP contribution in [0.5, 0.6) is 5.75 Å². The minimum Gasteiger partial charge on any atom is -0.489 e. The molecule has 2 rings (SSSR count). The van der Waals surface area contributed by atoms with E-state index in [2.05, 4.69) is 64.3 Å². The summed E-state index contributed by atoms with van der Waals surface area (Å²) in [5.41, 5.74) is 2.61. The lowest BCUT2D eigenvalue weighted by molar-refractivity contribution is 0.304. The first-order valence-corrected chi connectivity index (χ1v) is 7.47. The summed E-state index contributed by atoms with van der Waals surface area (Å²) in [6, 6.07) is 16.6. The molecule has 0 saturated heterocycles. The maximum Gasteiger partial charge on any atom is 0.120 e. The van der Waals surface area contributed by atoms with Crippen molar-refractivity contribution in [3.63, 3.8) is 0 Å². The molecule has 0 atom stereocenters. The summed E-state index contributed by atoms with van der Waals surface area (Å²) in [5.74, 6) is 0.926. The van der Waals surface area contributed by atoms with Crippen LogP contribution in [-0.2, 0) is 13.0 Å². The molecule has 0 saturated carbocycles. The van der Waals surface area contributed by atoms with Crippen LogP contribution in [0.25, 0.3) is 0 Å². The minimum absolute atomic E-state index is 0.625. The lowest BCUT2D eigenvalue weighted by Gasteiger charge is -2.11. The van der Waals surface area contributed by atoms with E-state index in [9.17, 15) is 0 Å². The predicted octanol–water partition coefficient (Wildman–Crippen LogP) is 3.63. The van der Waals surface area contributed by atoms with Gasteiger partial charge in [0.05, 0.1) is 0 Å². The average molecular weight is 367 g/mol. The first-order valence-electron chi connectivity index (χ1n) is 6.39. The van der Waals surface area contributed by atoms with Crippen LogP contribution in [0.2, 0.25) is 0 Å². The Morgan fingerprint density at radius 3 is 2.58 bits per heavy atom. The second-order valence-electron chi connectivity index (χ2n) is 4.37. The summed E-state index contributed by atoms with van der Waals surface area (Å²) in [7, 11) is 1.98. The Kier molecular flexibility index (Phi) is 5.66. The first kappa shape index (κ1) is 14.3. The van der Waals surface area contributed by atoms with Crippen molar-refractivity contribution in [1.29, 1.82) is 0 Å². The normalized spacial score (nSPS) is 10.4. The third-order valence-corrected chi connectivity index (χ3v) is 3.62. The predicted molar refractivity (Wildman–Crippen MR) is 87.6 cm³/mol. The number of benzene rings is 2. The van der Waals surface area contributed by atoms with E-state index >= 15 is 0 Å². The fourth-order valence-corrected chi connectivity index (χ4v) is 2.43. The molecule has 0 amide bonds. The van der Waals surface area contributed by atoms with Gasteiger partial charge in [-0.2, -0.15) is 0 Å². The van der Waals surface area contributed by atoms with Crippen molar-refractivity contribution in [3.05, 3.63) is 63.2 Å². The van der Waals surface area contributed by atoms with E-state index < -0.39 is 0 Å². The molecule has 0 bridgehead atoms. The van der Waals surface area contributed by atoms with Gasteiger partial charge in [0.25, 0.3) is 0 Å². The molecule has 2 aromatic carbocycles. The largest absolute Gasteiger partial charge is 0.489 e. The van der Waals surface area contributed by atoms with E-state index in [1.165, 1.54) is 14.7 Å². The second-order valence-corrected chi connectivity index (χ2v) is 5.61. The van der Waals surface area contributed by atoms with Crippen molar-refractivity contribution in [2.24, 2.45) is 0 Å². The molecular formula is C16H18INO. The van der Waals surface area contributed by atoms with Gasteiger partial charge in [0.15, 0.2) is 0 Å². The van der Waals surface area contributed by atoms with Crippen molar-refractivity contribution in [3.8, 4) is 5.75 Å². The molecule has 0 unspecified atom stereocenters. The van der Waals surface area contributed by atoms with Gasteiger partial charge in [-0.3, -0.25) is 0 Å². The van der Waals surface area contributed by atoms with Crippen molar-refractivity contribution in [1.82, 2.24) is 5.32 Å². The Labute approximate surface area is 128 Å². The van der Waals surface area contributed by atoms with Crippen molar-refractivity contribution in [2.75, 3.05) is 13.6 Å². The molecule has 1 N–H and O–H groups in total. The fraction of sp³-hybridized carbons (Fsp3) is 0.250. The molecule has 0 radical (unpaired) electrons. The molecule has 3 heteroatoms. The number of hydrogen-bond donors (Lipinski definition) is 1. The molecule has 0 aliphatic rings. The lowest BCUT2D eigenvalue weighted by atomic mass is 10.1. The highest BCUT2D eigenvalue weighted by molar-refractivity contribution is 14.1. The number of ether oxygens (including phenoxy) is 1. The first-order chi connectivity index (χ1) is 9.29. The summed E-state index contributed by atoms with van der Waals surface area (Å²) in [5, 5.41) is 3.18. The molecule has 0 spiro atoms. The number of rotatable bonds is 6. The molecular weight excluding hydrogens is 349 g/mol.